The lowest BCUT2D eigenvalue weighted by Crippen LogP contribution is -1.94. The van der Waals surface area contributed by atoms with Crippen molar-refractivity contribution in [1.82, 2.24) is 0 Å². The molecule has 2 aromatic carbocycles. The van der Waals surface area contributed by atoms with Gasteiger partial charge in [0.05, 0.1) is 15.0 Å². The number of hydrogen-bond donors (Lipinski definition) is 0. The Hall–Kier alpha value is -2.11. The minimum atomic E-state index is -0.614. The molecular formula is C13H7Cl2NO4. The first-order chi connectivity index (χ1) is 9.51. The number of aldehydes is 1. The highest BCUT2D eigenvalue weighted by atomic mass is 35.5. The van der Waals surface area contributed by atoms with E-state index in [2.05, 4.69) is 0 Å². The monoisotopic (exact) mass is 311 g/mol. The number of ether oxygens (including phenoxy) is 1. The van der Waals surface area contributed by atoms with Gasteiger partial charge < -0.3 is 4.74 Å². The third-order valence-electron chi connectivity index (χ3n) is 2.44. The number of nitro groups is 1. The first-order valence-corrected chi connectivity index (χ1v) is 6.13. The summed E-state index contributed by atoms with van der Waals surface area (Å²) in [7, 11) is 0. The van der Waals surface area contributed by atoms with Gasteiger partial charge in [-0.05, 0) is 24.3 Å². The molecule has 0 aromatic heterocycles. The van der Waals surface area contributed by atoms with E-state index < -0.39 is 4.92 Å². The minimum absolute atomic E-state index is 0.0248. The predicted molar refractivity (Wildman–Crippen MR) is 75.0 cm³/mol. The molecule has 0 unspecified atom stereocenters. The Morgan fingerprint density at radius 3 is 2.25 bits per heavy atom. The summed E-state index contributed by atoms with van der Waals surface area (Å²) < 4.78 is 5.41. The van der Waals surface area contributed by atoms with Gasteiger partial charge in [0.2, 0.25) is 5.75 Å². The molecule has 0 radical (unpaired) electrons. The molecule has 2 aromatic rings. The molecule has 2 rings (SSSR count). The van der Waals surface area contributed by atoms with Crippen molar-refractivity contribution in [2.75, 3.05) is 0 Å². The van der Waals surface area contributed by atoms with Gasteiger partial charge in [0.25, 0.3) is 0 Å². The Balaban J connectivity index is 2.38. The normalized spacial score (nSPS) is 10.1. The summed E-state index contributed by atoms with van der Waals surface area (Å²) in [6.45, 7) is 0. The zero-order valence-corrected chi connectivity index (χ0v) is 11.4. The maximum atomic E-state index is 11.0. The molecule has 5 nitrogen and oxygen atoms in total. The minimum Gasteiger partial charge on any atom is -0.450 e. The van der Waals surface area contributed by atoms with Gasteiger partial charge in [-0.15, -0.1) is 0 Å². The molecule has 0 N–H and O–H groups in total. The largest absolute Gasteiger partial charge is 0.450 e. The molecule has 0 atom stereocenters. The standard InChI is InChI=1S/C13H7Cl2NO4/c14-10-5-12(16(18)19)13(6-11(10)15)20-9-3-1-8(7-17)2-4-9/h1-7H. The van der Waals surface area contributed by atoms with Crippen molar-refractivity contribution in [3.63, 3.8) is 0 Å². The van der Waals surface area contributed by atoms with Crippen molar-refractivity contribution in [2.24, 2.45) is 0 Å². The van der Waals surface area contributed by atoms with Crippen molar-refractivity contribution in [2.45, 2.75) is 0 Å². The molecule has 0 saturated carbocycles. The van der Waals surface area contributed by atoms with Crippen molar-refractivity contribution in [3.05, 3.63) is 62.1 Å². The summed E-state index contributed by atoms with van der Waals surface area (Å²) in [6, 6.07) is 8.51. The molecule has 0 bridgehead atoms. The molecule has 0 fully saturated rings. The van der Waals surface area contributed by atoms with Crippen LogP contribution in [0, 0.1) is 10.1 Å². The van der Waals surface area contributed by atoms with Crippen LogP contribution in [0.3, 0.4) is 0 Å². The number of halogens is 2. The SMILES string of the molecule is O=Cc1ccc(Oc2cc(Cl)c(Cl)cc2[N+](=O)[O-])cc1. The number of nitrogens with zero attached hydrogens (tertiary/aromatic N) is 1. The van der Waals surface area contributed by atoms with Crippen LogP contribution in [0.25, 0.3) is 0 Å². The van der Waals surface area contributed by atoms with Crippen LogP contribution in [0.2, 0.25) is 10.0 Å². The van der Waals surface area contributed by atoms with Crippen LogP contribution in [0.1, 0.15) is 10.4 Å². The zero-order chi connectivity index (χ0) is 14.7. The van der Waals surface area contributed by atoms with Crippen molar-refractivity contribution < 1.29 is 14.5 Å². The molecule has 0 aliphatic rings. The van der Waals surface area contributed by atoms with Gasteiger partial charge in [-0.25, -0.2) is 0 Å². The maximum absolute atomic E-state index is 11.0. The Morgan fingerprint density at radius 2 is 1.70 bits per heavy atom. The first kappa shape index (κ1) is 14.3. The van der Waals surface area contributed by atoms with E-state index in [9.17, 15) is 14.9 Å². The number of rotatable bonds is 4. The fraction of sp³-hybridized carbons (Fsp3) is 0. The molecule has 20 heavy (non-hydrogen) atoms. The second-order valence-corrected chi connectivity index (χ2v) is 4.59. The number of carbonyl (C=O) groups is 1. The molecule has 0 heterocycles. The zero-order valence-electron chi connectivity index (χ0n) is 9.88. The summed E-state index contributed by atoms with van der Waals surface area (Å²) in [5.74, 6) is 0.320. The quantitative estimate of drug-likeness (QED) is 0.473. The molecule has 102 valence electrons. The van der Waals surface area contributed by atoms with Gasteiger partial charge in [0.15, 0.2) is 0 Å². The number of benzene rings is 2. The van der Waals surface area contributed by atoms with Crippen molar-refractivity contribution >= 4 is 35.2 Å². The van der Waals surface area contributed by atoms with Crippen LogP contribution in [0.4, 0.5) is 5.69 Å². The van der Waals surface area contributed by atoms with Gasteiger partial charge in [-0.3, -0.25) is 14.9 Å². The van der Waals surface area contributed by atoms with E-state index in [-0.39, 0.29) is 21.5 Å². The summed E-state index contributed by atoms with van der Waals surface area (Å²) in [6.07, 6.45) is 0.686. The second kappa shape index (κ2) is 5.90. The van der Waals surface area contributed by atoms with E-state index in [1.165, 1.54) is 30.3 Å². The second-order valence-electron chi connectivity index (χ2n) is 3.78. The molecule has 7 heteroatoms. The highest BCUT2D eigenvalue weighted by Crippen LogP contribution is 2.37. The topological polar surface area (TPSA) is 69.4 Å². The Bertz CT molecular complexity index is 671. The highest BCUT2D eigenvalue weighted by Gasteiger charge is 2.19. The van der Waals surface area contributed by atoms with E-state index in [0.717, 1.165) is 6.07 Å². The lowest BCUT2D eigenvalue weighted by Gasteiger charge is -2.07. The average molecular weight is 312 g/mol. The van der Waals surface area contributed by atoms with Gasteiger partial charge >= 0.3 is 5.69 Å². The van der Waals surface area contributed by atoms with E-state index in [1.54, 1.807) is 0 Å². The van der Waals surface area contributed by atoms with Gasteiger partial charge in [-0.2, -0.15) is 0 Å². The highest BCUT2D eigenvalue weighted by molar-refractivity contribution is 6.42. The summed E-state index contributed by atoms with van der Waals surface area (Å²) >= 11 is 11.6. The van der Waals surface area contributed by atoms with Gasteiger partial charge in [-0.1, -0.05) is 23.2 Å². The number of nitro benzene ring substituents is 1. The average Bonchev–Trinajstić information content (AvgIpc) is 2.43. The van der Waals surface area contributed by atoms with Crippen LogP contribution < -0.4 is 4.74 Å². The molecular weight excluding hydrogens is 305 g/mol. The Morgan fingerprint density at radius 1 is 1.10 bits per heavy atom. The van der Waals surface area contributed by atoms with Gasteiger partial charge in [0, 0.05) is 17.7 Å². The third-order valence-corrected chi connectivity index (χ3v) is 3.16. The van der Waals surface area contributed by atoms with Crippen molar-refractivity contribution in [1.29, 1.82) is 0 Å². The first-order valence-electron chi connectivity index (χ1n) is 5.38. The summed E-state index contributed by atoms with van der Waals surface area (Å²) in [5, 5.41) is 11.2. The predicted octanol–water partition coefficient (Wildman–Crippen LogP) is 4.51. The van der Waals surface area contributed by atoms with E-state index in [4.69, 9.17) is 27.9 Å². The summed E-state index contributed by atoms with van der Waals surface area (Å²) in [5.41, 5.74) is 0.180. The molecule has 0 aliphatic carbocycles. The van der Waals surface area contributed by atoms with E-state index in [0.29, 0.717) is 17.6 Å². The fourth-order valence-corrected chi connectivity index (χ4v) is 1.80. The molecule has 0 aliphatic heterocycles. The third kappa shape index (κ3) is 3.07. The number of carbonyl (C=O) groups excluding carboxylic acids is 1. The molecule has 0 saturated heterocycles. The Kier molecular flexibility index (Phi) is 4.22. The summed E-state index contributed by atoms with van der Waals surface area (Å²) in [4.78, 5) is 20.9. The fourth-order valence-electron chi connectivity index (χ4n) is 1.48. The maximum Gasteiger partial charge on any atom is 0.313 e. The van der Waals surface area contributed by atoms with Gasteiger partial charge in [0.1, 0.15) is 12.0 Å². The Labute approximate surface area is 123 Å². The van der Waals surface area contributed by atoms with E-state index in [1.807, 2.05) is 0 Å². The smallest absolute Gasteiger partial charge is 0.313 e. The van der Waals surface area contributed by atoms with Crippen LogP contribution in [-0.4, -0.2) is 11.2 Å². The van der Waals surface area contributed by atoms with Crippen LogP contribution in [0.5, 0.6) is 11.5 Å². The lowest BCUT2D eigenvalue weighted by atomic mass is 10.2. The molecule has 0 spiro atoms. The van der Waals surface area contributed by atoms with Crippen molar-refractivity contribution in [3.8, 4) is 11.5 Å². The van der Waals surface area contributed by atoms with Crippen LogP contribution in [0.15, 0.2) is 36.4 Å². The van der Waals surface area contributed by atoms with E-state index >= 15 is 0 Å². The molecule has 0 amide bonds. The van der Waals surface area contributed by atoms with Crippen LogP contribution in [-0.2, 0) is 0 Å². The lowest BCUT2D eigenvalue weighted by molar-refractivity contribution is -0.385. The van der Waals surface area contributed by atoms with Crippen LogP contribution >= 0.6 is 23.2 Å². The number of hydrogen-bond acceptors (Lipinski definition) is 4.